The van der Waals surface area contributed by atoms with Crippen molar-refractivity contribution in [3.63, 3.8) is 0 Å². The lowest BCUT2D eigenvalue weighted by Crippen LogP contribution is -2.42. The van der Waals surface area contributed by atoms with Gasteiger partial charge in [0.25, 0.3) is 5.91 Å². The second kappa shape index (κ2) is 6.50. The number of primary amides is 1. The van der Waals surface area contributed by atoms with Crippen LogP contribution in [0.1, 0.15) is 11.1 Å². The van der Waals surface area contributed by atoms with Gasteiger partial charge in [-0.2, -0.15) is 0 Å². The summed E-state index contributed by atoms with van der Waals surface area (Å²) in [5, 5.41) is 13.6. The van der Waals surface area contributed by atoms with Gasteiger partial charge in [-0.25, -0.2) is 4.79 Å². The van der Waals surface area contributed by atoms with Crippen LogP contribution in [0.15, 0.2) is 54.6 Å². The van der Waals surface area contributed by atoms with E-state index < -0.39 is 11.5 Å². The van der Waals surface area contributed by atoms with E-state index in [2.05, 4.69) is 5.32 Å². The Hall–Kier alpha value is -2.86. The Morgan fingerprint density at radius 2 is 1.65 bits per heavy atom. The smallest absolute Gasteiger partial charge is 0.321 e. The van der Waals surface area contributed by atoms with Crippen LogP contribution in [0.3, 0.4) is 0 Å². The van der Waals surface area contributed by atoms with Crippen molar-refractivity contribution in [1.29, 1.82) is 0 Å². The van der Waals surface area contributed by atoms with E-state index in [0.29, 0.717) is 11.3 Å². The number of urea groups is 1. The number of hydrogen-bond acceptors (Lipinski definition) is 3. The monoisotopic (exact) mass is 313 g/mol. The average molecular weight is 313 g/mol. The van der Waals surface area contributed by atoms with Crippen LogP contribution in [-0.2, 0) is 10.4 Å². The van der Waals surface area contributed by atoms with Gasteiger partial charge in [0.15, 0.2) is 5.60 Å². The molecule has 1 atom stereocenters. The van der Waals surface area contributed by atoms with Gasteiger partial charge in [-0.05, 0) is 23.3 Å². The van der Waals surface area contributed by atoms with E-state index in [4.69, 9.17) is 5.73 Å². The standard InChI is InChI=1S/C17H19N3O3/c1-20(2)16(22)19-14-10-6-9-13(11-14)17(23,15(18)21)12-7-4-3-5-8-12/h3-11,23H,1-2H3,(H2,18,21)(H,19,22). The molecule has 23 heavy (non-hydrogen) atoms. The second-order valence-electron chi connectivity index (χ2n) is 5.35. The molecule has 0 aliphatic heterocycles. The van der Waals surface area contributed by atoms with E-state index in [1.165, 1.54) is 11.0 Å². The fourth-order valence-electron chi connectivity index (χ4n) is 2.19. The molecule has 3 amide bonds. The Morgan fingerprint density at radius 1 is 1.04 bits per heavy atom. The van der Waals surface area contributed by atoms with Gasteiger partial charge >= 0.3 is 6.03 Å². The van der Waals surface area contributed by atoms with E-state index in [1.54, 1.807) is 62.6 Å². The molecule has 0 heterocycles. The number of hydrogen-bond donors (Lipinski definition) is 3. The molecule has 0 aromatic heterocycles. The van der Waals surface area contributed by atoms with E-state index >= 15 is 0 Å². The summed E-state index contributed by atoms with van der Waals surface area (Å²) in [6, 6.07) is 14.5. The summed E-state index contributed by atoms with van der Waals surface area (Å²) in [5.74, 6) is -0.889. The first kappa shape index (κ1) is 16.5. The van der Waals surface area contributed by atoms with Crippen molar-refractivity contribution < 1.29 is 14.7 Å². The predicted molar refractivity (Wildman–Crippen MR) is 87.8 cm³/mol. The summed E-state index contributed by atoms with van der Waals surface area (Å²) in [6.07, 6.45) is 0. The average Bonchev–Trinajstić information content (AvgIpc) is 2.54. The molecule has 4 N–H and O–H groups in total. The minimum Gasteiger partial charge on any atom is -0.372 e. The van der Waals surface area contributed by atoms with Crippen LogP contribution in [0, 0.1) is 0 Å². The SMILES string of the molecule is CN(C)C(=O)Nc1cccc(C(O)(C(N)=O)c2ccccc2)c1. The van der Waals surface area contributed by atoms with Crippen molar-refractivity contribution in [3.05, 3.63) is 65.7 Å². The second-order valence-corrected chi connectivity index (χ2v) is 5.35. The zero-order valence-electron chi connectivity index (χ0n) is 13.0. The third kappa shape index (κ3) is 3.32. The van der Waals surface area contributed by atoms with Crippen LogP contribution in [0.2, 0.25) is 0 Å². The zero-order valence-corrected chi connectivity index (χ0v) is 13.0. The molecule has 2 aromatic rings. The minimum atomic E-state index is -1.97. The number of nitrogens with zero attached hydrogens (tertiary/aromatic N) is 1. The highest BCUT2D eigenvalue weighted by Crippen LogP contribution is 2.30. The lowest BCUT2D eigenvalue weighted by atomic mass is 9.85. The summed E-state index contributed by atoms with van der Waals surface area (Å²) in [6.45, 7) is 0. The molecule has 0 saturated heterocycles. The number of aliphatic hydroxyl groups is 1. The highest BCUT2D eigenvalue weighted by Gasteiger charge is 2.38. The highest BCUT2D eigenvalue weighted by atomic mass is 16.3. The molecule has 0 aliphatic rings. The molecule has 0 radical (unpaired) electrons. The maximum atomic E-state index is 11.9. The third-order valence-electron chi connectivity index (χ3n) is 3.49. The molecule has 0 saturated carbocycles. The topological polar surface area (TPSA) is 95.7 Å². The number of carbonyl (C=O) groups excluding carboxylic acids is 2. The van der Waals surface area contributed by atoms with Crippen molar-refractivity contribution in [1.82, 2.24) is 4.90 Å². The van der Waals surface area contributed by atoms with Crippen LogP contribution in [-0.4, -0.2) is 36.0 Å². The number of amides is 3. The lowest BCUT2D eigenvalue weighted by Gasteiger charge is -2.26. The number of carbonyl (C=O) groups is 2. The Morgan fingerprint density at radius 3 is 2.22 bits per heavy atom. The van der Waals surface area contributed by atoms with E-state index in [-0.39, 0.29) is 11.6 Å². The van der Waals surface area contributed by atoms with Crippen molar-refractivity contribution in [2.45, 2.75) is 5.60 Å². The van der Waals surface area contributed by atoms with Gasteiger partial charge in [0, 0.05) is 19.8 Å². The number of nitrogens with one attached hydrogen (secondary N) is 1. The normalized spacial score (nSPS) is 13.0. The maximum Gasteiger partial charge on any atom is 0.321 e. The molecule has 6 nitrogen and oxygen atoms in total. The molecule has 2 aromatic carbocycles. The first-order valence-corrected chi connectivity index (χ1v) is 7.02. The van der Waals surface area contributed by atoms with Gasteiger partial charge in [0.2, 0.25) is 0 Å². The summed E-state index contributed by atoms with van der Waals surface area (Å²) in [4.78, 5) is 25.1. The molecular weight excluding hydrogens is 294 g/mol. The summed E-state index contributed by atoms with van der Waals surface area (Å²) < 4.78 is 0. The van der Waals surface area contributed by atoms with Crippen LogP contribution >= 0.6 is 0 Å². The van der Waals surface area contributed by atoms with Crippen molar-refractivity contribution in [3.8, 4) is 0 Å². The summed E-state index contributed by atoms with van der Waals surface area (Å²) in [5.41, 5.74) is 4.58. The first-order chi connectivity index (χ1) is 10.9. The Bertz CT molecular complexity index is 716. The van der Waals surface area contributed by atoms with E-state index in [0.717, 1.165) is 0 Å². The lowest BCUT2D eigenvalue weighted by molar-refractivity contribution is -0.133. The van der Waals surface area contributed by atoms with Gasteiger partial charge < -0.3 is 21.1 Å². The summed E-state index contributed by atoms with van der Waals surface area (Å²) in [7, 11) is 3.23. The van der Waals surface area contributed by atoms with Crippen molar-refractivity contribution in [2.24, 2.45) is 5.73 Å². The van der Waals surface area contributed by atoms with Crippen molar-refractivity contribution >= 4 is 17.6 Å². The Labute approximate surface area is 134 Å². The largest absolute Gasteiger partial charge is 0.372 e. The first-order valence-electron chi connectivity index (χ1n) is 7.02. The molecule has 2 rings (SSSR count). The Kier molecular flexibility index (Phi) is 4.66. The van der Waals surface area contributed by atoms with Crippen LogP contribution < -0.4 is 11.1 Å². The summed E-state index contributed by atoms with van der Waals surface area (Å²) >= 11 is 0. The molecule has 0 bridgehead atoms. The van der Waals surface area contributed by atoms with E-state index in [9.17, 15) is 14.7 Å². The third-order valence-corrected chi connectivity index (χ3v) is 3.49. The molecule has 120 valence electrons. The maximum absolute atomic E-state index is 11.9. The predicted octanol–water partition coefficient (Wildman–Crippen LogP) is 1.50. The molecular formula is C17H19N3O3. The van der Waals surface area contributed by atoms with Crippen LogP contribution in [0.5, 0.6) is 0 Å². The van der Waals surface area contributed by atoms with E-state index in [1.807, 2.05) is 0 Å². The number of benzene rings is 2. The van der Waals surface area contributed by atoms with Gasteiger partial charge in [-0.15, -0.1) is 0 Å². The molecule has 6 heteroatoms. The minimum absolute atomic E-state index is 0.285. The molecule has 0 aliphatic carbocycles. The number of anilines is 1. The zero-order chi connectivity index (χ0) is 17.0. The fraction of sp³-hybridized carbons (Fsp3) is 0.176. The molecule has 1 unspecified atom stereocenters. The van der Waals surface area contributed by atoms with Gasteiger partial charge in [-0.1, -0.05) is 42.5 Å². The van der Waals surface area contributed by atoms with Gasteiger partial charge in [0.05, 0.1) is 0 Å². The number of rotatable bonds is 4. The molecule has 0 spiro atoms. The highest BCUT2D eigenvalue weighted by molar-refractivity contribution is 5.91. The van der Waals surface area contributed by atoms with Crippen molar-refractivity contribution in [2.75, 3.05) is 19.4 Å². The fourth-order valence-corrected chi connectivity index (χ4v) is 2.19. The van der Waals surface area contributed by atoms with Crippen LogP contribution in [0.4, 0.5) is 10.5 Å². The van der Waals surface area contributed by atoms with Gasteiger partial charge in [-0.3, -0.25) is 4.79 Å². The molecule has 0 fully saturated rings. The Balaban J connectivity index is 2.46. The van der Waals surface area contributed by atoms with Gasteiger partial charge in [0.1, 0.15) is 0 Å². The number of nitrogens with two attached hydrogens (primary N) is 1. The quantitative estimate of drug-likeness (QED) is 0.798. The van der Waals surface area contributed by atoms with Crippen LogP contribution in [0.25, 0.3) is 0 Å².